The fourth-order valence-corrected chi connectivity index (χ4v) is 6.11. The molecule has 0 aliphatic carbocycles. The number of alkyl halides is 3. The Morgan fingerprint density at radius 3 is 2.24 bits per heavy atom. The number of benzene rings is 3. The average molecular weight is 566 g/mol. The standard InChI is InChI=1S/C27H27ClF3N3O3S/c1-19-7-6-10-24(20(19)2)32-13-15-33(16-14-32)26(35)18-34(38(36,37)22-8-4-3-5-9-22)25-17-21(27(29,30)31)11-12-23(25)28/h3-12,17H,13-16,18H2,1-2H3. The lowest BCUT2D eigenvalue weighted by Gasteiger charge is -2.38. The van der Waals surface area contributed by atoms with E-state index in [1.807, 2.05) is 32.0 Å². The Kier molecular flexibility index (Phi) is 7.94. The second kappa shape index (κ2) is 10.9. The summed E-state index contributed by atoms with van der Waals surface area (Å²) < 4.78 is 68.2. The minimum atomic E-state index is -4.73. The first-order valence-corrected chi connectivity index (χ1v) is 13.7. The third-order valence-corrected chi connectivity index (χ3v) is 8.79. The number of halogens is 4. The van der Waals surface area contributed by atoms with E-state index in [1.54, 1.807) is 6.07 Å². The van der Waals surface area contributed by atoms with Crippen molar-refractivity contribution in [3.8, 4) is 0 Å². The van der Waals surface area contributed by atoms with Crippen LogP contribution >= 0.6 is 11.6 Å². The molecule has 1 amide bonds. The van der Waals surface area contributed by atoms with Crippen LogP contribution < -0.4 is 9.21 Å². The summed E-state index contributed by atoms with van der Waals surface area (Å²) in [4.78, 5) is 16.9. The predicted octanol–water partition coefficient (Wildman–Crippen LogP) is 5.52. The normalized spacial score (nSPS) is 14.5. The van der Waals surface area contributed by atoms with Crippen molar-refractivity contribution in [2.24, 2.45) is 0 Å². The fourth-order valence-electron chi connectivity index (χ4n) is 4.40. The number of sulfonamides is 1. The summed E-state index contributed by atoms with van der Waals surface area (Å²) in [5, 5.41) is -0.218. The number of anilines is 2. The van der Waals surface area contributed by atoms with Crippen molar-refractivity contribution in [1.29, 1.82) is 0 Å². The zero-order valence-corrected chi connectivity index (χ0v) is 22.4. The van der Waals surface area contributed by atoms with Crippen molar-refractivity contribution in [3.63, 3.8) is 0 Å². The van der Waals surface area contributed by atoms with Crippen LogP contribution in [0.4, 0.5) is 24.5 Å². The highest BCUT2D eigenvalue weighted by Gasteiger charge is 2.35. The van der Waals surface area contributed by atoms with Gasteiger partial charge in [0.25, 0.3) is 10.0 Å². The molecule has 11 heteroatoms. The second-order valence-corrected chi connectivity index (χ2v) is 11.3. The van der Waals surface area contributed by atoms with Crippen molar-refractivity contribution in [2.75, 3.05) is 41.9 Å². The van der Waals surface area contributed by atoms with E-state index >= 15 is 0 Å². The van der Waals surface area contributed by atoms with Gasteiger partial charge in [-0.25, -0.2) is 8.42 Å². The molecule has 4 rings (SSSR count). The van der Waals surface area contributed by atoms with Gasteiger partial charge in [0.05, 0.1) is 21.2 Å². The van der Waals surface area contributed by atoms with Gasteiger partial charge < -0.3 is 9.80 Å². The van der Waals surface area contributed by atoms with Gasteiger partial charge in [0.2, 0.25) is 5.91 Å². The van der Waals surface area contributed by atoms with E-state index in [0.717, 1.165) is 28.9 Å². The monoisotopic (exact) mass is 565 g/mol. The summed E-state index contributed by atoms with van der Waals surface area (Å²) in [5.41, 5.74) is 1.89. The molecule has 3 aromatic rings. The van der Waals surface area contributed by atoms with Gasteiger partial charge in [-0.3, -0.25) is 9.10 Å². The van der Waals surface area contributed by atoms with E-state index in [9.17, 15) is 26.4 Å². The van der Waals surface area contributed by atoms with E-state index in [1.165, 1.54) is 29.2 Å². The van der Waals surface area contributed by atoms with Gasteiger partial charge >= 0.3 is 6.18 Å². The van der Waals surface area contributed by atoms with Crippen LogP contribution in [0.15, 0.2) is 71.6 Å². The lowest BCUT2D eigenvalue weighted by Crippen LogP contribution is -2.52. The zero-order chi connectivity index (χ0) is 27.7. The molecule has 1 fully saturated rings. The number of carbonyl (C=O) groups is 1. The molecular formula is C27H27ClF3N3O3S. The quantitative estimate of drug-likeness (QED) is 0.395. The maximum atomic E-state index is 13.6. The first-order valence-electron chi connectivity index (χ1n) is 11.9. The average Bonchev–Trinajstić information content (AvgIpc) is 2.89. The van der Waals surface area contributed by atoms with Gasteiger partial charge in [0, 0.05) is 31.9 Å². The van der Waals surface area contributed by atoms with Gasteiger partial charge in [-0.15, -0.1) is 0 Å². The Morgan fingerprint density at radius 2 is 1.61 bits per heavy atom. The number of piperazine rings is 1. The lowest BCUT2D eigenvalue weighted by molar-refractivity contribution is -0.137. The highest BCUT2D eigenvalue weighted by atomic mass is 35.5. The van der Waals surface area contributed by atoms with Gasteiger partial charge in [-0.05, 0) is 61.4 Å². The molecule has 1 aliphatic heterocycles. The van der Waals surface area contributed by atoms with E-state index in [-0.39, 0.29) is 9.92 Å². The molecule has 0 saturated carbocycles. The van der Waals surface area contributed by atoms with Crippen LogP contribution in [0.25, 0.3) is 0 Å². The van der Waals surface area contributed by atoms with Crippen molar-refractivity contribution in [2.45, 2.75) is 24.9 Å². The van der Waals surface area contributed by atoms with Crippen LogP contribution in [0.5, 0.6) is 0 Å². The van der Waals surface area contributed by atoms with Crippen LogP contribution in [-0.4, -0.2) is 51.9 Å². The molecule has 0 atom stereocenters. The largest absolute Gasteiger partial charge is 0.416 e. The Hall–Kier alpha value is -3.24. The highest BCUT2D eigenvalue weighted by molar-refractivity contribution is 7.92. The summed E-state index contributed by atoms with van der Waals surface area (Å²) >= 11 is 6.21. The number of hydrogen-bond donors (Lipinski definition) is 0. The van der Waals surface area contributed by atoms with Gasteiger partial charge in [-0.2, -0.15) is 13.2 Å². The van der Waals surface area contributed by atoms with Crippen LogP contribution in [0.1, 0.15) is 16.7 Å². The van der Waals surface area contributed by atoms with E-state index in [0.29, 0.717) is 36.6 Å². The Balaban J connectivity index is 1.62. The number of nitrogens with zero attached hydrogens (tertiary/aromatic N) is 3. The third kappa shape index (κ3) is 5.76. The first kappa shape index (κ1) is 27.8. The summed E-state index contributed by atoms with van der Waals surface area (Å²) in [5.74, 6) is -0.529. The highest BCUT2D eigenvalue weighted by Crippen LogP contribution is 2.37. The van der Waals surface area contributed by atoms with Gasteiger partial charge in [0.15, 0.2) is 0 Å². The number of aryl methyl sites for hydroxylation is 1. The number of rotatable bonds is 6. The minimum absolute atomic E-state index is 0.166. The smallest absolute Gasteiger partial charge is 0.368 e. The maximum Gasteiger partial charge on any atom is 0.416 e. The Morgan fingerprint density at radius 1 is 0.947 bits per heavy atom. The molecule has 0 unspecified atom stereocenters. The molecule has 0 bridgehead atoms. The van der Waals surface area contributed by atoms with E-state index < -0.39 is 39.9 Å². The predicted molar refractivity (Wildman–Crippen MR) is 142 cm³/mol. The van der Waals surface area contributed by atoms with Crippen LogP contribution in [0.2, 0.25) is 5.02 Å². The second-order valence-electron chi connectivity index (χ2n) is 9.08. The lowest BCUT2D eigenvalue weighted by atomic mass is 10.1. The zero-order valence-electron chi connectivity index (χ0n) is 20.9. The van der Waals surface area contributed by atoms with Crippen LogP contribution in [0.3, 0.4) is 0 Å². The SMILES string of the molecule is Cc1cccc(N2CCN(C(=O)CN(c3cc(C(F)(F)F)ccc3Cl)S(=O)(=O)c3ccccc3)CC2)c1C. The number of carbonyl (C=O) groups excluding carboxylic acids is 1. The van der Waals surface area contributed by atoms with E-state index in [2.05, 4.69) is 4.90 Å². The molecular weight excluding hydrogens is 539 g/mol. The topological polar surface area (TPSA) is 60.9 Å². The van der Waals surface area contributed by atoms with Crippen molar-refractivity contribution in [1.82, 2.24) is 4.90 Å². The molecule has 0 radical (unpaired) electrons. The molecule has 202 valence electrons. The molecule has 0 N–H and O–H groups in total. The van der Waals surface area contributed by atoms with Crippen LogP contribution in [0, 0.1) is 13.8 Å². The van der Waals surface area contributed by atoms with Gasteiger partial charge in [0.1, 0.15) is 6.54 Å². The molecule has 1 heterocycles. The summed E-state index contributed by atoms with van der Waals surface area (Å²) in [6.07, 6.45) is -4.73. The molecule has 1 saturated heterocycles. The van der Waals surface area contributed by atoms with Crippen molar-refractivity contribution >= 4 is 38.9 Å². The number of hydrogen-bond acceptors (Lipinski definition) is 4. The summed E-state index contributed by atoms with van der Waals surface area (Å²) in [6, 6.07) is 15.7. The van der Waals surface area contributed by atoms with Gasteiger partial charge in [-0.1, -0.05) is 41.9 Å². The molecule has 6 nitrogen and oxygen atoms in total. The first-order chi connectivity index (χ1) is 17.9. The minimum Gasteiger partial charge on any atom is -0.368 e. The molecule has 0 aromatic heterocycles. The van der Waals surface area contributed by atoms with Crippen molar-refractivity contribution < 1.29 is 26.4 Å². The van der Waals surface area contributed by atoms with Crippen LogP contribution in [-0.2, 0) is 21.0 Å². The maximum absolute atomic E-state index is 13.6. The fraction of sp³-hybridized carbons (Fsp3) is 0.296. The van der Waals surface area contributed by atoms with E-state index in [4.69, 9.17) is 11.6 Å². The molecule has 38 heavy (non-hydrogen) atoms. The summed E-state index contributed by atoms with van der Waals surface area (Å²) in [7, 11) is -4.41. The number of amides is 1. The Labute approximate surface area is 225 Å². The molecule has 0 spiro atoms. The third-order valence-electron chi connectivity index (χ3n) is 6.70. The Bertz CT molecular complexity index is 1420. The summed E-state index contributed by atoms with van der Waals surface area (Å²) in [6.45, 7) is 5.11. The van der Waals surface area contributed by atoms with Crippen molar-refractivity contribution in [3.05, 3.63) is 88.4 Å². The molecule has 3 aromatic carbocycles. The molecule has 1 aliphatic rings.